The first kappa shape index (κ1) is 13.7. The highest BCUT2D eigenvalue weighted by Gasteiger charge is 2.03. The molecule has 0 aliphatic heterocycles. The lowest BCUT2D eigenvalue weighted by molar-refractivity contribution is -0.119. The second kappa shape index (κ2) is 8.02. The Kier molecular flexibility index (Phi) is 7.83. The summed E-state index contributed by atoms with van der Waals surface area (Å²) < 4.78 is 0. The number of ketones is 1. The number of rotatable bonds is 8. The van der Waals surface area contributed by atoms with Crippen molar-refractivity contribution in [1.82, 2.24) is 0 Å². The van der Waals surface area contributed by atoms with Crippen molar-refractivity contribution in [2.45, 2.75) is 66.2 Å². The molecule has 0 saturated heterocycles. The van der Waals surface area contributed by atoms with Gasteiger partial charge in [-0.3, -0.25) is 4.79 Å². The third-order valence-electron chi connectivity index (χ3n) is 2.49. The average molecular weight is 198 g/mol. The molecule has 0 fully saturated rings. The lowest BCUT2D eigenvalue weighted by Crippen LogP contribution is -2.00. The number of hydrogen-bond donors (Lipinski definition) is 0. The maximum absolute atomic E-state index is 11.4. The number of Topliss-reactive ketones (excluding diaryl/α,β-unsaturated/α-hetero) is 1. The quantitative estimate of drug-likeness (QED) is 0.534. The molecule has 0 amide bonds. The van der Waals surface area contributed by atoms with E-state index >= 15 is 0 Å². The minimum Gasteiger partial charge on any atom is -0.300 e. The molecular formula is C13H26O. The van der Waals surface area contributed by atoms with Crippen LogP contribution in [-0.2, 0) is 4.79 Å². The van der Waals surface area contributed by atoms with Gasteiger partial charge in [0.25, 0.3) is 0 Å². The molecule has 0 aromatic rings. The summed E-state index contributed by atoms with van der Waals surface area (Å²) in [5.74, 6) is 1.90. The predicted molar refractivity (Wildman–Crippen MR) is 62.4 cm³/mol. The first-order chi connectivity index (χ1) is 6.52. The fourth-order valence-corrected chi connectivity index (χ4v) is 1.45. The van der Waals surface area contributed by atoms with Crippen LogP contribution in [0.15, 0.2) is 0 Å². The van der Waals surface area contributed by atoms with Gasteiger partial charge >= 0.3 is 0 Å². The summed E-state index contributed by atoms with van der Waals surface area (Å²) in [7, 11) is 0. The van der Waals surface area contributed by atoms with Crippen molar-refractivity contribution < 1.29 is 4.79 Å². The van der Waals surface area contributed by atoms with Crippen molar-refractivity contribution in [2.24, 2.45) is 11.8 Å². The van der Waals surface area contributed by atoms with Crippen molar-refractivity contribution in [3.05, 3.63) is 0 Å². The van der Waals surface area contributed by atoms with Crippen LogP contribution in [0.25, 0.3) is 0 Å². The Balaban J connectivity index is 3.27. The van der Waals surface area contributed by atoms with E-state index < -0.39 is 0 Å². The number of hydrogen-bond acceptors (Lipinski definition) is 1. The van der Waals surface area contributed by atoms with Gasteiger partial charge in [0.2, 0.25) is 0 Å². The van der Waals surface area contributed by atoms with Crippen molar-refractivity contribution in [2.75, 3.05) is 0 Å². The standard InChI is InChI=1S/C13H26O/c1-11(2)7-5-6-8-13(14)10-9-12(3)4/h11-12H,5-10H2,1-4H3. The Morgan fingerprint density at radius 3 is 1.93 bits per heavy atom. The van der Waals surface area contributed by atoms with E-state index in [1.807, 2.05) is 0 Å². The topological polar surface area (TPSA) is 17.1 Å². The normalized spacial score (nSPS) is 11.3. The van der Waals surface area contributed by atoms with E-state index in [9.17, 15) is 4.79 Å². The zero-order valence-electron chi connectivity index (χ0n) is 10.3. The maximum atomic E-state index is 11.4. The molecule has 1 nitrogen and oxygen atoms in total. The van der Waals surface area contributed by atoms with Gasteiger partial charge in [-0.1, -0.05) is 40.5 Å². The molecule has 0 N–H and O–H groups in total. The fraction of sp³-hybridized carbons (Fsp3) is 0.923. The molecule has 14 heavy (non-hydrogen) atoms. The molecule has 84 valence electrons. The fourth-order valence-electron chi connectivity index (χ4n) is 1.45. The van der Waals surface area contributed by atoms with Crippen LogP contribution in [0.5, 0.6) is 0 Å². The summed E-state index contributed by atoms with van der Waals surface area (Å²) in [4.78, 5) is 11.4. The van der Waals surface area contributed by atoms with Crippen molar-refractivity contribution in [1.29, 1.82) is 0 Å². The molecule has 0 unspecified atom stereocenters. The van der Waals surface area contributed by atoms with Gasteiger partial charge in [-0.25, -0.2) is 0 Å². The van der Waals surface area contributed by atoms with Gasteiger partial charge in [0.05, 0.1) is 0 Å². The minimum atomic E-state index is 0.461. The van der Waals surface area contributed by atoms with Crippen LogP contribution >= 0.6 is 0 Å². The summed E-state index contributed by atoms with van der Waals surface area (Å²) in [6, 6.07) is 0. The largest absolute Gasteiger partial charge is 0.300 e. The molecule has 0 rings (SSSR count). The summed E-state index contributed by atoms with van der Waals surface area (Å²) in [6.45, 7) is 8.82. The first-order valence-corrected chi connectivity index (χ1v) is 6.04. The van der Waals surface area contributed by atoms with E-state index in [0.29, 0.717) is 11.7 Å². The minimum absolute atomic E-state index is 0.461. The molecule has 0 aliphatic rings. The highest BCUT2D eigenvalue weighted by Crippen LogP contribution is 2.11. The summed E-state index contributed by atoms with van der Waals surface area (Å²) in [5, 5.41) is 0. The molecule has 0 atom stereocenters. The number of unbranched alkanes of at least 4 members (excludes halogenated alkanes) is 1. The molecule has 0 heterocycles. The molecule has 0 radical (unpaired) electrons. The highest BCUT2D eigenvalue weighted by molar-refractivity contribution is 5.78. The van der Waals surface area contributed by atoms with E-state index in [4.69, 9.17) is 0 Å². The predicted octanol–water partition coefficient (Wildman–Crippen LogP) is 4.21. The van der Waals surface area contributed by atoms with Gasteiger partial charge in [0.1, 0.15) is 5.78 Å². The lowest BCUT2D eigenvalue weighted by atomic mass is 10.0. The Morgan fingerprint density at radius 1 is 0.857 bits per heavy atom. The van der Waals surface area contributed by atoms with E-state index in [1.54, 1.807) is 0 Å². The van der Waals surface area contributed by atoms with Crippen LogP contribution in [0.3, 0.4) is 0 Å². The van der Waals surface area contributed by atoms with E-state index in [2.05, 4.69) is 27.7 Å². The Hall–Kier alpha value is -0.330. The Bertz CT molecular complexity index is 147. The third kappa shape index (κ3) is 9.76. The molecule has 1 heteroatoms. The van der Waals surface area contributed by atoms with Gasteiger partial charge in [-0.2, -0.15) is 0 Å². The van der Waals surface area contributed by atoms with Crippen LogP contribution in [0, 0.1) is 11.8 Å². The van der Waals surface area contributed by atoms with E-state index in [0.717, 1.165) is 31.6 Å². The third-order valence-corrected chi connectivity index (χ3v) is 2.49. The molecule has 0 aromatic heterocycles. The van der Waals surface area contributed by atoms with Crippen molar-refractivity contribution in [3.8, 4) is 0 Å². The van der Waals surface area contributed by atoms with E-state index in [1.165, 1.54) is 12.8 Å². The lowest BCUT2D eigenvalue weighted by Gasteiger charge is -2.05. The molecule has 0 bridgehead atoms. The molecular weight excluding hydrogens is 172 g/mol. The number of carbonyl (C=O) groups excluding carboxylic acids is 1. The van der Waals surface area contributed by atoms with Crippen LogP contribution < -0.4 is 0 Å². The van der Waals surface area contributed by atoms with E-state index in [-0.39, 0.29) is 0 Å². The maximum Gasteiger partial charge on any atom is 0.132 e. The number of carbonyl (C=O) groups is 1. The molecule has 0 aliphatic carbocycles. The Labute approximate surface area is 89.3 Å². The van der Waals surface area contributed by atoms with Gasteiger partial charge in [0.15, 0.2) is 0 Å². The summed E-state index contributed by atoms with van der Waals surface area (Å²) in [5.41, 5.74) is 0. The molecule has 0 spiro atoms. The van der Waals surface area contributed by atoms with Gasteiger partial charge in [-0.15, -0.1) is 0 Å². The van der Waals surface area contributed by atoms with Crippen molar-refractivity contribution in [3.63, 3.8) is 0 Å². The SMILES string of the molecule is CC(C)CCCCC(=O)CCC(C)C. The van der Waals surface area contributed by atoms with Crippen LogP contribution in [0.1, 0.15) is 66.2 Å². The zero-order valence-corrected chi connectivity index (χ0v) is 10.3. The molecule has 0 aromatic carbocycles. The van der Waals surface area contributed by atoms with Gasteiger partial charge < -0.3 is 0 Å². The Morgan fingerprint density at radius 2 is 1.43 bits per heavy atom. The van der Waals surface area contributed by atoms with Gasteiger partial charge in [0, 0.05) is 12.8 Å². The first-order valence-electron chi connectivity index (χ1n) is 6.04. The van der Waals surface area contributed by atoms with Crippen LogP contribution in [-0.4, -0.2) is 5.78 Å². The average Bonchev–Trinajstić information content (AvgIpc) is 2.08. The second-order valence-electron chi connectivity index (χ2n) is 5.11. The summed E-state index contributed by atoms with van der Waals surface area (Å²) >= 11 is 0. The summed E-state index contributed by atoms with van der Waals surface area (Å²) in [6.07, 6.45) is 6.22. The second-order valence-corrected chi connectivity index (χ2v) is 5.11. The zero-order chi connectivity index (χ0) is 11.0. The molecule has 0 saturated carbocycles. The monoisotopic (exact) mass is 198 g/mol. The highest BCUT2D eigenvalue weighted by atomic mass is 16.1. The van der Waals surface area contributed by atoms with Gasteiger partial charge in [-0.05, 0) is 24.7 Å². The van der Waals surface area contributed by atoms with Crippen LogP contribution in [0.2, 0.25) is 0 Å². The van der Waals surface area contributed by atoms with Crippen LogP contribution in [0.4, 0.5) is 0 Å². The van der Waals surface area contributed by atoms with Crippen molar-refractivity contribution >= 4 is 5.78 Å². The smallest absolute Gasteiger partial charge is 0.132 e.